The van der Waals surface area contributed by atoms with Crippen LogP contribution in [0.3, 0.4) is 0 Å². The van der Waals surface area contributed by atoms with Crippen molar-refractivity contribution in [2.45, 2.75) is 115 Å². The highest BCUT2D eigenvalue weighted by Gasteiger charge is 2.46. The van der Waals surface area contributed by atoms with Gasteiger partial charge in [0, 0.05) is 30.3 Å². The number of β-amino-alcohol motifs (C(OH)–C–C–N with tert-alkyl or cyclic N) is 1. The number of thiazole rings is 1. The molecule has 2 heterocycles. The maximum absolute atomic E-state index is 14.3. The van der Waals surface area contributed by atoms with Gasteiger partial charge in [0.1, 0.15) is 6.04 Å². The van der Waals surface area contributed by atoms with E-state index in [-0.39, 0.29) is 36.3 Å². The molecule has 2 aromatic rings. The largest absolute Gasteiger partial charge is 0.461 e. The highest BCUT2D eigenvalue weighted by Crippen LogP contribution is 2.39. The van der Waals surface area contributed by atoms with Crippen LogP contribution in [0.4, 0.5) is 5.13 Å². The number of piperidine rings is 1. The monoisotopic (exact) mass is 733 g/mol. The Bertz CT molecular complexity index is 1570. The summed E-state index contributed by atoms with van der Waals surface area (Å²) in [5, 5.41) is 22.7. The number of carbonyl (C=O) groups is 3. The predicted molar refractivity (Wildman–Crippen MR) is 196 cm³/mol. The van der Waals surface area contributed by atoms with Crippen LogP contribution in [0.15, 0.2) is 35.7 Å². The number of esters is 1. The molecule has 50 heavy (non-hydrogen) atoms. The highest BCUT2D eigenvalue weighted by molar-refractivity contribution is 7.92. The van der Waals surface area contributed by atoms with Gasteiger partial charge in [-0.3, -0.25) is 14.5 Å². The second-order valence-corrected chi connectivity index (χ2v) is 18.8. The zero-order valence-electron chi connectivity index (χ0n) is 30.4. The van der Waals surface area contributed by atoms with Crippen LogP contribution in [0.2, 0.25) is 0 Å². The fraction of sp³-hybridized carbons (Fsp3) is 0.667. The number of aliphatic hydroxyl groups is 1. The fourth-order valence-electron chi connectivity index (χ4n) is 6.94. The Morgan fingerprint density at radius 2 is 1.74 bits per heavy atom. The number of fused-ring (bicyclic) bond motifs is 1. The molecule has 278 valence electrons. The first-order valence-electron chi connectivity index (χ1n) is 17.6. The molecule has 14 heteroatoms. The molecular formula is C36H55N5O7S2. The fourth-order valence-corrected chi connectivity index (χ4v) is 8.25. The Balaban J connectivity index is 1.63. The summed E-state index contributed by atoms with van der Waals surface area (Å²) in [5.41, 5.74) is 0.493. The third-order valence-electron chi connectivity index (χ3n) is 9.98. The molecule has 1 aromatic carbocycles. The van der Waals surface area contributed by atoms with Crippen molar-refractivity contribution in [3.63, 3.8) is 0 Å². The van der Waals surface area contributed by atoms with Gasteiger partial charge >= 0.3 is 5.97 Å². The Kier molecular flexibility index (Phi) is 13.1. The van der Waals surface area contributed by atoms with Crippen LogP contribution in [0, 0.1) is 11.8 Å². The van der Waals surface area contributed by atoms with E-state index in [9.17, 15) is 27.9 Å². The molecule has 12 nitrogen and oxygen atoms in total. The van der Waals surface area contributed by atoms with Gasteiger partial charge in [0.25, 0.3) is 0 Å². The number of hydrogen-bond acceptors (Lipinski definition) is 11. The molecule has 2 aliphatic rings. The van der Waals surface area contributed by atoms with Crippen molar-refractivity contribution in [2.24, 2.45) is 11.8 Å². The molecule has 2 unspecified atom stereocenters. The van der Waals surface area contributed by atoms with Gasteiger partial charge in [-0.25, -0.2) is 18.2 Å². The number of nitrogens with one attached hydrogen (secondary N) is 3. The van der Waals surface area contributed by atoms with Gasteiger partial charge in [0.2, 0.25) is 11.8 Å². The normalized spacial score (nSPS) is 22.0. The minimum atomic E-state index is -3.82. The van der Waals surface area contributed by atoms with Crippen molar-refractivity contribution in [3.8, 4) is 0 Å². The lowest BCUT2D eigenvalue weighted by Crippen LogP contribution is -2.62. The first-order chi connectivity index (χ1) is 23.4. The maximum atomic E-state index is 14.3. The van der Waals surface area contributed by atoms with Crippen LogP contribution < -0.4 is 16.0 Å². The minimum absolute atomic E-state index is 0.0415. The molecule has 1 saturated carbocycles. The molecule has 0 bridgehead atoms. The number of benzene rings is 1. The number of anilines is 1. The quantitative estimate of drug-likeness (QED) is 0.210. The van der Waals surface area contributed by atoms with Crippen molar-refractivity contribution in [2.75, 3.05) is 31.3 Å². The van der Waals surface area contributed by atoms with Crippen LogP contribution in [-0.2, 0) is 30.6 Å². The Morgan fingerprint density at radius 1 is 1.08 bits per heavy atom. The zero-order valence-corrected chi connectivity index (χ0v) is 32.0. The number of sulfone groups is 1. The van der Waals surface area contributed by atoms with Gasteiger partial charge in [-0.15, -0.1) is 11.3 Å². The lowest BCUT2D eigenvalue weighted by molar-refractivity contribution is -0.133. The van der Waals surface area contributed by atoms with Crippen LogP contribution in [0.1, 0.15) is 89.7 Å². The standard InChI is InChI=1S/C36H55N5O7S2/c1-8-48-33(45)27-22-49-34(38-27)39-30(36(5,6)50(7,46)47)32(44)37-26(18-23-14-10-9-11-15-23)29(42)21-41-20-25-17-13-12-16-24(25)19-28(41)31(43)40-35(2,3)4/h9-11,14-15,22,24-26,28-30,42H,8,12-13,16-21H2,1-7H3,(H,37,44)(H,38,39)(H,40,43)/t24?,25?,26-,28-,29+,30+/m0/s1. The van der Waals surface area contributed by atoms with Crippen molar-refractivity contribution >= 4 is 44.1 Å². The summed E-state index contributed by atoms with van der Waals surface area (Å²) in [6.45, 7) is 11.4. The summed E-state index contributed by atoms with van der Waals surface area (Å²) in [4.78, 5) is 46.5. The summed E-state index contributed by atoms with van der Waals surface area (Å²) >= 11 is 1.05. The van der Waals surface area contributed by atoms with E-state index in [0.717, 1.165) is 48.8 Å². The summed E-state index contributed by atoms with van der Waals surface area (Å²) in [6, 6.07) is 6.85. The Labute approximate surface area is 301 Å². The molecule has 1 aromatic heterocycles. The first-order valence-corrected chi connectivity index (χ1v) is 20.3. The number of rotatable bonds is 14. The van der Waals surface area contributed by atoms with Gasteiger partial charge in [0.05, 0.1) is 29.5 Å². The lowest BCUT2D eigenvalue weighted by Gasteiger charge is -2.47. The van der Waals surface area contributed by atoms with Crippen LogP contribution in [-0.4, -0.2) is 102 Å². The van der Waals surface area contributed by atoms with E-state index in [0.29, 0.717) is 24.8 Å². The number of carbonyl (C=O) groups excluding carboxylic acids is 3. The zero-order chi connectivity index (χ0) is 36.9. The molecule has 4 rings (SSSR count). The number of hydrogen-bond donors (Lipinski definition) is 4. The number of likely N-dealkylation sites (tertiary alicyclic amines) is 1. The summed E-state index contributed by atoms with van der Waals surface area (Å²) in [6.07, 6.45) is 5.43. The topological polar surface area (TPSA) is 167 Å². The molecule has 2 amide bonds. The van der Waals surface area contributed by atoms with E-state index < -0.39 is 56.2 Å². The third kappa shape index (κ3) is 10.3. The molecule has 1 aliphatic heterocycles. The summed E-state index contributed by atoms with van der Waals surface area (Å²) < 4.78 is 29.6. The van der Waals surface area contributed by atoms with Crippen molar-refractivity contribution in [3.05, 3.63) is 47.0 Å². The molecule has 4 N–H and O–H groups in total. The Hall–Kier alpha value is -3.07. The summed E-state index contributed by atoms with van der Waals surface area (Å²) in [5.74, 6) is -0.465. The van der Waals surface area contributed by atoms with Crippen molar-refractivity contribution in [1.82, 2.24) is 20.5 Å². The average Bonchev–Trinajstić information content (AvgIpc) is 3.51. The van der Waals surface area contributed by atoms with Crippen LogP contribution >= 0.6 is 11.3 Å². The van der Waals surface area contributed by atoms with E-state index in [1.807, 2.05) is 51.1 Å². The summed E-state index contributed by atoms with van der Waals surface area (Å²) in [7, 11) is -3.82. The number of aliphatic hydroxyl groups excluding tert-OH is 1. The number of aromatic nitrogens is 1. The predicted octanol–water partition coefficient (Wildman–Crippen LogP) is 3.81. The number of nitrogens with zero attached hydrogens (tertiary/aromatic N) is 2. The molecular weight excluding hydrogens is 679 g/mol. The van der Waals surface area contributed by atoms with Crippen molar-refractivity contribution < 1.29 is 32.6 Å². The molecule has 1 aliphatic carbocycles. The number of amides is 2. The SMILES string of the molecule is CCOC(=O)c1csc(N[C@H](C(=O)N[C@@H](Cc2ccccc2)[C@H](O)CN2CC3CCCCC3C[C@H]2C(=O)NC(C)(C)C)C(C)(C)S(C)(=O)=O)n1. The van der Waals surface area contributed by atoms with Gasteiger partial charge < -0.3 is 25.8 Å². The highest BCUT2D eigenvalue weighted by atomic mass is 32.2. The molecule has 2 fully saturated rings. The van der Waals surface area contributed by atoms with E-state index in [4.69, 9.17) is 4.74 Å². The lowest BCUT2D eigenvalue weighted by atomic mass is 9.72. The smallest absolute Gasteiger partial charge is 0.357 e. The minimum Gasteiger partial charge on any atom is -0.461 e. The second kappa shape index (κ2) is 16.5. The average molecular weight is 734 g/mol. The molecule has 0 radical (unpaired) electrons. The second-order valence-electron chi connectivity index (χ2n) is 15.3. The van der Waals surface area contributed by atoms with Crippen LogP contribution in [0.25, 0.3) is 0 Å². The molecule has 0 spiro atoms. The van der Waals surface area contributed by atoms with Gasteiger partial charge in [-0.05, 0) is 78.2 Å². The van der Waals surface area contributed by atoms with Gasteiger partial charge in [0.15, 0.2) is 20.7 Å². The van der Waals surface area contributed by atoms with Crippen LogP contribution in [0.5, 0.6) is 0 Å². The van der Waals surface area contributed by atoms with E-state index in [1.165, 1.54) is 19.2 Å². The molecule has 6 atom stereocenters. The van der Waals surface area contributed by atoms with Crippen molar-refractivity contribution in [1.29, 1.82) is 0 Å². The first kappa shape index (κ1) is 39.7. The molecule has 1 saturated heterocycles. The van der Waals surface area contributed by atoms with E-state index >= 15 is 0 Å². The van der Waals surface area contributed by atoms with E-state index in [1.54, 1.807) is 6.92 Å². The third-order valence-corrected chi connectivity index (χ3v) is 12.9. The Morgan fingerprint density at radius 3 is 2.36 bits per heavy atom. The van der Waals surface area contributed by atoms with Gasteiger partial charge in [-0.2, -0.15) is 0 Å². The van der Waals surface area contributed by atoms with Gasteiger partial charge in [-0.1, -0.05) is 49.6 Å². The maximum Gasteiger partial charge on any atom is 0.357 e. The van der Waals surface area contributed by atoms with E-state index in [2.05, 4.69) is 25.8 Å². The number of ether oxygens (including phenoxy) is 1.